The summed E-state index contributed by atoms with van der Waals surface area (Å²) >= 11 is 3.80. The summed E-state index contributed by atoms with van der Waals surface area (Å²) in [5.41, 5.74) is 4.95. The van der Waals surface area contributed by atoms with Crippen LogP contribution >= 0.6 is 12.6 Å². The number of rotatable bonds is 16. The van der Waals surface area contributed by atoms with Crippen LogP contribution in [-0.4, -0.2) is 23.4 Å². The Balaban J connectivity index is 0. The Hall–Kier alpha value is -0.480. The predicted molar refractivity (Wildman–Crippen MR) is 110 cm³/mol. The van der Waals surface area contributed by atoms with Gasteiger partial charge in [0.2, 0.25) is 0 Å². The van der Waals surface area contributed by atoms with Gasteiger partial charge in [-0.1, -0.05) is 70.4 Å². The second-order valence-corrected chi connectivity index (χ2v) is 6.69. The van der Waals surface area contributed by atoms with Crippen LogP contribution in [0, 0.1) is 0 Å². The summed E-state index contributed by atoms with van der Waals surface area (Å²) in [6, 6.07) is 0. The number of aliphatic carboxylic acids is 1. The monoisotopic (exact) mass is 359 g/mol. The van der Waals surface area contributed by atoms with Crippen LogP contribution in [0.2, 0.25) is 0 Å². The van der Waals surface area contributed by atoms with Gasteiger partial charge in [-0.3, -0.25) is 4.79 Å². The van der Waals surface area contributed by atoms with Gasteiger partial charge in [-0.05, 0) is 32.1 Å². The van der Waals surface area contributed by atoms with Crippen molar-refractivity contribution in [3.8, 4) is 0 Å². The average Bonchev–Trinajstić information content (AvgIpc) is 2.58. The number of carboxylic acid groups (broad SMARTS) is 1. The highest BCUT2D eigenvalue weighted by Crippen LogP contribution is 2.09. The molecule has 0 aromatic rings. The van der Waals surface area contributed by atoms with Gasteiger partial charge in [-0.2, -0.15) is 12.6 Å². The predicted octanol–water partition coefficient (Wildman–Crippen LogP) is 5.98. The van der Waals surface area contributed by atoms with E-state index in [9.17, 15) is 4.79 Å². The molecular weight excluding hydrogens is 318 g/mol. The summed E-state index contributed by atoms with van der Waals surface area (Å²) in [7, 11) is 0. The zero-order valence-corrected chi connectivity index (χ0v) is 16.7. The summed E-state index contributed by atoms with van der Waals surface area (Å²) in [6.07, 6.45) is 21.2. The normalized spacial score (nSPS) is 10.6. The molecule has 144 valence electrons. The Labute approximate surface area is 155 Å². The number of thiol groups is 1. The van der Waals surface area contributed by atoms with Gasteiger partial charge in [0.15, 0.2) is 0 Å². The molecule has 3 nitrogen and oxygen atoms in total. The van der Waals surface area contributed by atoms with Crippen molar-refractivity contribution in [3.63, 3.8) is 0 Å². The van der Waals surface area contributed by atoms with Crippen molar-refractivity contribution in [2.75, 3.05) is 12.3 Å². The fourth-order valence-electron chi connectivity index (χ4n) is 2.35. The molecule has 0 rings (SSSR count). The summed E-state index contributed by atoms with van der Waals surface area (Å²) in [6.45, 7) is 2.94. The first kappa shape index (κ1) is 25.8. The van der Waals surface area contributed by atoms with Crippen molar-refractivity contribution in [1.82, 2.24) is 0 Å². The lowest BCUT2D eigenvalue weighted by Crippen LogP contribution is -1.97. The SMILES string of the molecule is CCCCCCCC/C=C\CCCCCCCC(=O)O.NCCS. The third kappa shape index (κ3) is 29.5. The van der Waals surface area contributed by atoms with Gasteiger partial charge in [0.1, 0.15) is 0 Å². The zero-order chi connectivity index (χ0) is 18.3. The minimum Gasteiger partial charge on any atom is -0.481 e. The molecule has 0 aliphatic heterocycles. The smallest absolute Gasteiger partial charge is 0.303 e. The highest BCUT2D eigenvalue weighted by molar-refractivity contribution is 7.80. The van der Waals surface area contributed by atoms with Crippen LogP contribution in [0.4, 0.5) is 0 Å². The van der Waals surface area contributed by atoms with E-state index in [1.807, 2.05) is 0 Å². The van der Waals surface area contributed by atoms with Gasteiger partial charge in [-0.25, -0.2) is 0 Å². The second-order valence-electron chi connectivity index (χ2n) is 6.24. The molecule has 0 aliphatic rings. The number of nitrogens with two attached hydrogens (primary N) is 1. The number of allylic oxidation sites excluding steroid dienone is 2. The largest absolute Gasteiger partial charge is 0.481 e. The van der Waals surface area contributed by atoms with Crippen LogP contribution in [0.1, 0.15) is 96.8 Å². The maximum Gasteiger partial charge on any atom is 0.303 e. The van der Waals surface area contributed by atoms with Crippen molar-refractivity contribution < 1.29 is 9.90 Å². The van der Waals surface area contributed by atoms with Crippen LogP contribution in [0.25, 0.3) is 0 Å². The Morgan fingerprint density at radius 3 is 1.71 bits per heavy atom. The van der Waals surface area contributed by atoms with E-state index in [1.165, 1.54) is 70.6 Å². The second kappa shape index (κ2) is 24.8. The Kier molecular flexibility index (Phi) is 26.6. The van der Waals surface area contributed by atoms with Crippen molar-refractivity contribution >= 4 is 18.6 Å². The van der Waals surface area contributed by atoms with Gasteiger partial charge >= 0.3 is 5.97 Å². The lowest BCUT2D eigenvalue weighted by Gasteiger charge is -1.99. The van der Waals surface area contributed by atoms with Crippen LogP contribution in [0.5, 0.6) is 0 Å². The Morgan fingerprint density at radius 1 is 0.875 bits per heavy atom. The molecule has 0 fully saturated rings. The third-order valence-corrected chi connectivity index (χ3v) is 4.04. The first-order valence-electron chi connectivity index (χ1n) is 9.86. The van der Waals surface area contributed by atoms with E-state index in [2.05, 4.69) is 31.7 Å². The van der Waals surface area contributed by atoms with E-state index in [1.54, 1.807) is 0 Å². The van der Waals surface area contributed by atoms with Gasteiger partial charge in [0.05, 0.1) is 0 Å². The molecule has 0 aromatic carbocycles. The zero-order valence-electron chi connectivity index (χ0n) is 15.8. The first-order valence-corrected chi connectivity index (χ1v) is 10.5. The molecule has 0 heterocycles. The molecule has 0 saturated carbocycles. The molecule has 0 saturated heterocycles. The molecule has 0 amide bonds. The Morgan fingerprint density at radius 2 is 1.29 bits per heavy atom. The number of hydrogen-bond donors (Lipinski definition) is 3. The van der Waals surface area contributed by atoms with Crippen LogP contribution in [0.3, 0.4) is 0 Å². The summed E-state index contributed by atoms with van der Waals surface area (Å²) in [4.78, 5) is 10.3. The highest BCUT2D eigenvalue weighted by atomic mass is 32.1. The number of carboxylic acids is 1. The van der Waals surface area contributed by atoms with E-state index in [0.29, 0.717) is 13.0 Å². The first-order chi connectivity index (χ1) is 11.7. The van der Waals surface area contributed by atoms with E-state index in [-0.39, 0.29) is 0 Å². The maximum absolute atomic E-state index is 10.3. The Bertz CT molecular complexity index is 268. The number of unbranched alkanes of at least 4 members (excludes halogenated alkanes) is 11. The molecule has 0 bridgehead atoms. The van der Waals surface area contributed by atoms with Crippen molar-refractivity contribution in [2.45, 2.75) is 96.8 Å². The molecule has 24 heavy (non-hydrogen) atoms. The third-order valence-electron chi connectivity index (χ3n) is 3.78. The van der Waals surface area contributed by atoms with E-state index >= 15 is 0 Å². The molecular formula is C20H41NO2S. The molecule has 0 atom stereocenters. The van der Waals surface area contributed by atoms with Crippen LogP contribution in [0.15, 0.2) is 12.2 Å². The fraction of sp³-hybridized carbons (Fsp3) is 0.850. The van der Waals surface area contributed by atoms with E-state index < -0.39 is 5.97 Å². The van der Waals surface area contributed by atoms with Gasteiger partial charge in [-0.15, -0.1) is 0 Å². The average molecular weight is 360 g/mol. The molecule has 3 N–H and O–H groups in total. The molecule has 4 heteroatoms. The van der Waals surface area contributed by atoms with Gasteiger partial charge in [0.25, 0.3) is 0 Å². The lowest BCUT2D eigenvalue weighted by atomic mass is 10.1. The van der Waals surface area contributed by atoms with Crippen molar-refractivity contribution in [3.05, 3.63) is 12.2 Å². The van der Waals surface area contributed by atoms with E-state index in [0.717, 1.165) is 18.6 Å². The van der Waals surface area contributed by atoms with E-state index in [4.69, 9.17) is 10.8 Å². The highest BCUT2D eigenvalue weighted by Gasteiger charge is 1.95. The van der Waals surface area contributed by atoms with Crippen molar-refractivity contribution in [2.24, 2.45) is 5.73 Å². The molecule has 0 spiro atoms. The summed E-state index contributed by atoms with van der Waals surface area (Å²) < 4.78 is 0. The molecule has 0 radical (unpaired) electrons. The minimum atomic E-state index is -0.664. The summed E-state index contributed by atoms with van der Waals surface area (Å²) in [5, 5.41) is 8.51. The molecule has 0 aliphatic carbocycles. The quantitative estimate of drug-likeness (QED) is 0.180. The standard InChI is InChI=1S/C18H34O2.C2H7NS/c1-2-3-4-5-6-7-8-9-10-11-12-13-14-15-16-17-18(19)20;3-1-2-4/h9-10H,2-8,11-17H2,1H3,(H,19,20);4H,1-3H2/b10-9-;. The van der Waals surface area contributed by atoms with Gasteiger partial charge < -0.3 is 10.8 Å². The summed E-state index contributed by atoms with van der Waals surface area (Å²) in [5.74, 6) is 0.127. The minimum absolute atomic E-state index is 0.332. The number of hydrogen-bond acceptors (Lipinski definition) is 3. The van der Waals surface area contributed by atoms with Crippen LogP contribution in [-0.2, 0) is 4.79 Å². The molecule has 0 unspecified atom stereocenters. The molecule has 0 aromatic heterocycles. The van der Waals surface area contributed by atoms with Crippen LogP contribution < -0.4 is 5.73 Å². The lowest BCUT2D eigenvalue weighted by molar-refractivity contribution is -0.137. The topological polar surface area (TPSA) is 63.3 Å². The van der Waals surface area contributed by atoms with Gasteiger partial charge in [0, 0.05) is 18.7 Å². The van der Waals surface area contributed by atoms with Crippen molar-refractivity contribution in [1.29, 1.82) is 0 Å². The maximum atomic E-state index is 10.3. The number of carbonyl (C=O) groups is 1. The fourth-order valence-corrected chi connectivity index (χ4v) is 2.35.